The Hall–Kier alpha value is -3.65. The molecule has 2 aromatic carbocycles. The second-order valence-electron chi connectivity index (χ2n) is 8.37. The smallest absolute Gasteiger partial charge is 0.322 e. The number of hydrogen-bond donors (Lipinski definition) is 1. The highest BCUT2D eigenvalue weighted by Crippen LogP contribution is 2.38. The van der Waals surface area contributed by atoms with E-state index in [1.807, 2.05) is 37.3 Å². The van der Waals surface area contributed by atoms with Gasteiger partial charge >= 0.3 is 6.03 Å². The molecule has 34 heavy (non-hydrogen) atoms. The molecule has 1 aliphatic rings. The lowest BCUT2D eigenvalue weighted by atomic mass is 9.92. The van der Waals surface area contributed by atoms with Gasteiger partial charge in [0, 0.05) is 31.5 Å². The molecular weight excluding hydrogens is 432 g/mol. The number of hydrogen-bond acceptors (Lipinski definition) is 6. The van der Waals surface area contributed by atoms with Crippen molar-refractivity contribution in [3.8, 4) is 17.1 Å². The Morgan fingerprint density at radius 2 is 1.82 bits per heavy atom. The van der Waals surface area contributed by atoms with Crippen LogP contribution in [0.5, 0.6) is 5.75 Å². The van der Waals surface area contributed by atoms with E-state index in [-0.39, 0.29) is 6.03 Å². The molecule has 1 N–H and O–H groups in total. The average Bonchev–Trinajstić information content (AvgIpc) is 3.32. The maximum Gasteiger partial charge on any atom is 0.322 e. The minimum absolute atomic E-state index is 0.157. The third kappa shape index (κ3) is 4.68. The first-order chi connectivity index (χ1) is 16.4. The second-order valence-corrected chi connectivity index (χ2v) is 8.37. The molecule has 4 rings (SSSR count). The van der Waals surface area contributed by atoms with Gasteiger partial charge in [0.05, 0.1) is 18.7 Å². The van der Waals surface area contributed by atoms with Gasteiger partial charge in [-0.2, -0.15) is 4.98 Å². The Labute approximate surface area is 199 Å². The first kappa shape index (κ1) is 23.5. The summed E-state index contributed by atoms with van der Waals surface area (Å²) in [5.74, 6) is 1.60. The maximum atomic E-state index is 13.1. The van der Waals surface area contributed by atoms with Crippen LogP contribution in [0.1, 0.15) is 42.0 Å². The molecule has 1 aromatic heterocycles. The fraction of sp³-hybridized carbons (Fsp3) is 0.346. The number of ether oxygens (including phenoxy) is 2. The van der Waals surface area contributed by atoms with E-state index >= 15 is 0 Å². The van der Waals surface area contributed by atoms with Crippen LogP contribution >= 0.6 is 0 Å². The van der Waals surface area contributed by atoms with Crippen molar-refractivity contribution in [2.75, 3.05) is 27.4 Å². The van der Waals surface area contributed by atoms with Crippen molar-refractivity contribution in [3.63, 3.8) is 0 Å². The summed E-state index contributed by atoms with van der Waals surface area (Å²) in [5.41, 5.74) is 5.69. The van der Waals surface area contributed by atoms with Gasteiger partial charge in [0.1, 0.15) is 5.75 Å². The number of benzene rings is 2. The lowest BCUT2D eigenvalue weighted by molar-refractivity contribution is 0.174. The normalized spacial score (nSPS) is 16.1. The number of amides is 2. The number of aryl methyl sites for hydroxylation is 2. The Morgan fingerprint density at radius 1 is 1.06 bits per heavy atom. The molecule has 3 aromatic rings. The third-order valence-electron chi connectivity index (χ3n) is 6.20. The van der Waals surface area contributed by atoms with Gasteiger partial charge in [-0.25, -0.2) is 4.79 Å². The van der Waals surface area contributed by atoms with Crippen molar-refractivity contribution in [2.24, 2.45) is 0 Å². The van der Waals surface area contributed by atoms with E-state index < -0.39 is 6.04 Å². The molecule has 1 unspecified atom stereocenters. The highest BCUT2D eigenvalue weighted by Gasteiger charge is 2.35. The number of methoxy groups -OCH3 is 2. The molecule has 1 atom stereocenters. The van der Waals surface area contributed by atoms with Gasteiger partial charge in [-0.3, -0.25) is 4.90 Å². The van der Waals surface area contributed by atoms with Crippen LogP contribution in [0, 0.1) is 13.8 Å². The van der Waals surface area contributed by atoms with Crippen LogP contribution in [0.4, 0.5) is 4.79 Å². The molecule has 0 saturated heterocycles. The van der Waals surface area contributed by atoms with Crippen molar-refractivity contribution in [2.45, 2.75) is 33.2 Å². The molecule has 8 heteroatoms. The van der Waals surface area contributed by atoms with Gasteiger partial charge in [0.15, 0.2) is 0 Å². The first-order valence-electron chi connectivity index (χ1n) is 11.3. The summed E-state index contributed by atoms with van der Waals surface area (Å²) in [7, 11) is 3.28. The predicted octanol–water partition coefficient (Wildman–Crippen LogP) is 4.90. The summed E-state index contributed by atoms with van der Waals surface area (Å²) in [4.78, 5) is 19.5. The second kappa shape index (κ2) is 10.1. The van der Waals surface area contributed by atoms with Gasteiger partial charge < -0.3 is 19.3 Å². The van der Waals surface area contributed by atoms with Crippen molar-refractivity contribution in [1.29, 1.82) is 0 Å². The summed E-state index contributed by atoms with van der Waals surface area (Å²) in [5, 5.41) is 7.36. The molecule has 0 bridgehead atoms. The summed E-state index contributed by atoms with van der Waals surface area (Å²) in [6.07, 6.45) is 0.712. The molecule has 0 saturated carbocycles. The number of carbonyl (C=O) groups excluding carboxylic acids is 1. The van der Waals surface area contributed by atoms with Gasteiger partial charge in [0.2, 0.25) is 5.82 Å². The molecular formula is C26H30N4O4. The fourth-order valence-corrected chi connectivity index (χ4v) is 4.08. The van der Waals surface area contributed by atoms with Crippen LogP contribution in [-0.4, -0.2) is 48.4 Å². The zero-order valence-corrected chi connectivity index (χ0v) is 20.2. The van der Waals surface area contributed by atoms with E-state index in [1.165, 1.54) is 5.56 Å². The quantitative estimate of drug-likeness (QED) is 0.479. The van der Waals surface area contributed by atoms with E-state index in [0.717, 1.165) is 33.7 Å². The van der Waals surface area contributed by atoms with Crippen LogP contribution in [-0.2, 0) is 4.74 Å². The number of rotatable bonds is 8. The lowest BCUT2D eigenvalue weighted by Crippen LogP contribution is -2.46. The highest BCUT2D eigenvalue weighted by atomic mass is 16.5. The van der Waals surface area contributed by atoms with Crippen molar-refractivity contribution in [3.05, 3.63) is 70.7 Å². The van der Waals surface area contributed by atoms with Crippen LogP contribution in [0.15, 0.2) is 52.7 Å². The SMILES string of the molecule is COCCCN1C(=O)NC(c2ccc(C)c(C)c2)C(c2nc(-c3ccc(OC)cc3)no2)=C1C. The molecule has 178 valence electrons. The van der Waals surface area contributed by atoms with E-state index in [9.17, 15) is 4.79 Å². The maximum absolute atomic E-state index is 13.1. The predicted molar refractivity (Wildman–Crippen MR) is 129 cm³/mol. The number of allylic oxidation sites excluding steroid dienone is 1. The molecule has 0 radical (unpaired) electrons. The van der Waals surface area contributed by atoms with Gasteiger partial charge in [0.25, 0.3) is 5.89 Å². The van der Waals surface area contributed by atoms with E-state index in [2.05, 4.69) is 36.5 Å². The van der Waals surface area contributed by atoms with Gasteiger partial charge in [-0.1, -0.05) is 23.4 Å². The summed E-state index contributed by atoms with van der Waals surface area (Å²) in [6.45, 7) is 7.14. The Kier molecular flexibility index (Phi) is 6.98. The summed E-state index contributed by atoms with van der Waals surface area (Å²) >= 11 is 0. The largest absolute Gasteiger partial charge is 0.497 e. The van der Waals surface area contributed by atoms with Crippen LogP contribution in [0.3, 0.4) is 0 Å². The molecule has 2 heterocycles. The summed E-state index contributed by atoms with van der Waals surface area (Å²) in [6, 6.07) is 13.1. The van der Waals surface area contributed by atoms with Crippen molar-refractivity contribution < 1.29 is 18.8 Å². The van der Waals surface area contributed by atoms with Gasteiger partial charge in [-0.05, 0) is 68.1 Å². The average molecular weight is 463 g/mol. The number of nitrogens with zero attached hydrogens (tertiary/aromatic N) is 3. The molecule has 1 aliphatic heterocycles. The number of aromatic nitrogens is 2. The monoisotopic (exact) mass is 462 g/mol. The zero-order chi connectivity index (χ0) is 24.2. The zero-order valence-electron chi connectivity index (χ0n) is 20.2. The highest BCUT2D eigenvalue weighted by molar-refractivity contribution is 5.87. The Morgan fingerprint density at radius 3 is 2.50 bits per heavy atom. The van der Waals surface area contributed by atoms with Crippen LogP contribution < -0.4 is 10.1 Å². The minimum atomic E-state index is -0.408. The fourth-order valence-electron chi connectivity index (χ4n) is 4.08. The minimum Gasteiger partial charge on any atom is -0.497 e. The molecule has 0 aliphatic carbocycles. The molecule has 2 amide bonds. The Bertz CT molecular complexity index is 1200. The molecule has 0 fully saturated rings. The van der Waals surface area contributed by atoms with Crippen LogP contribution in [0.2, 0.25) is 0 Å². The van der Waals surface area contributed by atoms with E-state index in [1.54, 1.807) is 19.1 Å². The first-order valence-corrected chi connectivity index (χ1v) is 11.3. The number of nitrogens with one attached hydrogen (secondary N) is 1. The van der Waals surface area contributed by atoms with Crippen molar-refractivity contribution >= 4 is 11.6 Å². The molecule has 0 spiro atoms. The van der Waals surface area contributed by atoms with E-state index in [4.69, 9.17) is 19.0 Å². The number of urea groups is 1. The Balaban J connectivity index is 1.76. The standard InChI is InChI=1S/C26H30N4O4/c1-16-7-8-20(15-17(16)2)23-22(18(3)30(26(31)27-23)13-6-14-32-4)25-28-24(29-34-25)19-9-11-21(33-5)12-10-19/h7-12,15,23H,6,13-14H2,1-5H3,(H,27,31). The van der Waals surface area contributed by atoms with Crippen LogP contribution in [0.25, 0.3) is 17.0 Å². The summed E-state index contributed by atoms with van der Waals surface area (Å²) < 4.78 is 16.2. The topological polar surface area (TPSA) is 89.7 Å². The lowest BCUT2D eigenvalue weighted by Gasteiger charge is -2.35. The third-order valence-corrected chi connectivity index (χ3v) is 6.20. The molecule has 8 nitrogen and oxygen atoms in total. The van der Waals surface area contributed by atoms with Crippen molar-refractivity contribution in [1.82, 2.24) is 20.4 Å². The van der Waals surface area contributed by atoms with Gasteiger partial charge in [-0.15, -0.1) is 0 Å². The number of carbonyl (C=O) groups is 1. The van der Waals surface area contributed by atoms with E-state index in [0.29, 0.717) is 31.3 Å².